The van der Waals surface area contributed by atoms with E-state index in [0.29, 0.717) is 18.8 Å². The van der Waals surface area contributed by atoms with Crippen LogP contribution in [0.5, 0.6) is 0 Å². The Morgan fingerprint density at radius 3 is 2.22 bits per heavy atom. The molecule has 0 bridgehead atoms. The van der Waals surface area contributed by atoms with Gasteiger partial charge in [-0.15, -0.1) is 0 Å². The normalized spacial score (nSPS) is 14.0. The Bertz CT molecular complexity index is 1660. The minimum Gasteiger partial charge on any atom is -0.279 e. The first-order valence-electron chi connectivity index (χ1n) is 14.6. The molecule has 41 heavy (non-hydrogen) atoms. The van der Waals surface area contributed by atoms with Crippen molar-refractivity contribution in [2.24, 2.45) is 0 Å². The summed E-state index contributed by atoms with van der Waals surface area (Å²) in [6.07, 6.45) is 4.01. The van der Waals surface area contributed by atoms with E-state index < -0.39 is 9.84 Å². The van der Waals surface area contributed by atoms with Crippen LogP contribution in [0.3, 0.4) is 0 Å². The predicted octanol–water partition coefficient (Wildman–Crippen LogP) is 5.73. The average molecular weight is 573 g/mol. The third kappa shape index (κ3) is 7.04. The molecule has 2 heterocycles. The summed E-state index contributed by atoms with van der Waals surface area (Å²) in [6.45, 7) is 9.63. The lowest BCUT2D eigenvalue weighted by Gasteiger charge is -2.19. The van der Waals surface area contributed by atoms with Crippen LogP contribution in [-0.4, -0.2) is 33.0 Å². The number of sulfone groups is 1. The second-order valence-electron chi connectivity index (χ2n) is 12.1. The molecule has 1 aliphatic rings. The molecule has 0 radical (unpaired) electrons. The van der Waals surface area contributed by atoms with E-state index in [4.69, 9.17) is 5.10 Å². The standard InChI is InChI=1S/C33H40N4O3S/c1-5-36-31(35-37(32(36)38)22-25-14-18-27(19-15-25)33(2,3)4)11-6-8-24-12-16-26(17-13-24)30-10-7-9-28(34-30)23-41(39,40)29-20-21-29/h7,9-10,12-19,29H,5-6,8,11,20-23H2,1-4H3. The van der Waals surface area contributed by atoms with Crippen LogP contribution >= 0.6 is 0 Å². The molecule has 8 heteroatoms. The van der Waals surface area contributed by atoms with Gasteiger partial charge in [0, 0.05) is 18.5 Å². The molecule has 0 spiro atoms. The van der Waals surface area contributed by atoms with Crippen LogP contribution < -0.4 is 5.69 Å². The van der Waals surface area contributed by atoms with Gasteiger partial charge in [0.1, 0.15) is 5.82 Å². The van der Waals surface area contributed by atoms with Crippen molar-refractivity contribution in [1.82, 2.24) is 19.3 Å². The summed E-state index contributed by atoms with van der Waals surface area (Å²) < 4.78 is 28.1. The zero-order valence-corrected chi connectivity index (χ0v) is 25.3. The Morgan fingerprint density at radius 1 is 0.902 bits per heavy atom. The first-order valence-corrected chi connectivity index (χ1v) is 16.3. The molecule has 4 aromatic rings. The summed E-state index contributed by atoms with van der Waals surface area (Å²) in [5, 5.41) is 4.51. The van der Waals surface area contributed by atoms with Gasteiger partial charge in [-0.25, -0.2) is 17.9 Å². The van der Waals surface area contributed by atoms with Gasteiger partial charge in [-0.05, 0) is 66.8 Å². The van der Waals surface area contributed by atoms with Gasteiger partial charge in [-0.3, -0.25) is 9.55 Å². The molecular weight excluding hydrogens is 532 g/mol. The molecule has 7 nitrogen and oxygen atoms in total. The monoisotopic (exact) mass is 572 g/mol. The number of nitrogens with zero attached hydrogens (tertiary/aromatic N) is 4. The maximum absolute atomic E-state index is 13.0. The first-order chi connectivity index (χ1) is 19.5. The van der Waals surface area contributed by atoms with Crippen molar-refractivity contribution in [1.29, 1.82) is 0 Å². The van der Waals surface area contributed by atoms with Crippen LogP contribution in [0.15, 0.2) is 71.5 Å². The Balaban J connectivity index is 1.20. The first kappa shape index (κ1) is 29.0. The van der Waals surface area contributed by atoms with Crippen molar-refractivity contribution >= 4 is 9.84 Å². The minimum atomic E-state index is -3.10. The van der Waals surface area contributed by atoms with Crippen LogP contribution in [0.4, 0.5) is 0 Å². The maximum Gasteiger partial charge on any atom is 0.346 e. The smallest absolute Gasteiger partial charge is 0.279 e. The molecule has 0 N–H and O–H groups in total. The summed E-state index contributed by atoms with van der Waals surface area (Å²) in [4.78, 5) is 17.6. The molecule has 1 saturated carbocycles. The van der Waals surface area contributed by atoms with E-state index in [1.54, 1.807) is 15.3 Å². The molecule has 2 aromatic carbocycles. The van der Waals surface area contributed by atoms with Crippen molar-refractivity contribution in [2.75, 3.05) is 0 Å². The zero-order chi connectivity index (χ0) is 29.2. The number of hydrogen-bond donors (Lipinski definition) is 0. The molecule has 0 amide bonds. The van der Waals surface area contributed by atoms with E-state index in [2.05, 4.69) is 62.2 Å². The molecule has 0 unspecified atom stereocenters. The number of benzene rings is 2. The average Bonchev–Trinajstić information content (AvgIpc) is 3.76. The second-order valence-corrected chi connectivity index (χ2v) is 14.4. The second kappa shape index (κ2) is 11.8. The molecule has 5 rings (SSSR count). The SMILES string of the molecule is CCn1c(CCCc2ccc(-c3cccc(CS(=O)(=O)C4CC4)n3)cc2)nn(Cc2ccc(C(C)(C)C)cc2)c1=O. The van der Waals surface area contributed by atoms with Gasteiger partial charge in [-0.1, -0.05) is 75.4 Å². The minimum absolute atomic E-state index is 0.00562. The van der Waals surface area contributed by atoms with Gasteiger partial charge in [0.2, 0.25) is 0 Å². The lowest BCUT2D eigenvalue weighted by Crippen LogP contribution is -2.25. The van der Waals surface area contributed by atoms with Gasteiger partial charge < -0.3 is 0 Å². The van der Waals surface area contributed by atoms with Crippen LogP contribution in [0.2, 0.25) is 0 Å². The van der Waals surface area contributed by atoms with Gasteiger partial charge in [0.15, 0.2) is 9.84 Å². The summed E-state index contributed by atoms with van der Waals surface area (Å²) in [5.41, 5.74) is 5.91. The highest BCUT2D eigenvalue weighted by Crippen LogP contribution is 2.31. The summed E-state index contributed by atoms with van der Waals surface area (Å²) in [5.74, 6) is 0.827. The highest BCUT2D eigenvalue weighted by molar-refractivity contribution is 7.91. The van der Waals surface area contributed by atoms with Gasteiger partial charge in [-0.2, -0.15) is 5.10 Å². The largest absolute Gasteiger partial charge is 0.346 e. The number of hydrogen-bond acceptors (Lipinski definition) is 5. The van der Waals surface area contributed by atoms with E-state index >= 15 is 0 Å². The Hall–Kier alpha value is -3.52. The predicted molar refractivity (Wildman–Crippen MR) is 164 cm³/mol. The topological polar surface area (TPSA) is 86.8 Å². The molecule has 216 valence electrons. The molecule has 0 atom stereocenters. The van der Waals surface area contributed by atoms with Crippen molar-refractivity contribution in [3.63, 3.8) is 0 Å². The van der Waals surface area contributed by atoms with E-state index in [0.717, 1.165) is 54.7 Å². The Labute approximate surface area is 243 Å². The van der Waals surface area contributed by atoms with E-state index in [1.807, 2.05) is 31.2 Å². The molecule has 1 fully saturated rings. The lowest BCUT2D eigenvalue weighted by atomic mass is 9.87. The Kier molecular flexibility index (Phi) is 8.32. The van der Waals surface area contributed by atoms with Crippen molar-refractivity contribution in [3.05, 3.63) is 105 Å². The van der Waals surface area contributed by atoms with E-state index in [1.165, 1.54) is 11.1 Å². The highest BCUT2D eigenvalue weighted by atomic mass is 32.2. The van der Waals surface area contributed by atoms with Crippen molar-refractivity contribution in [2.45, 2.75) is 89.3 Å². The van der Waals surface area contributed by atoms with Gasteiger partial charge >= 0.3 is 5.69 Å². The summed E-state index contributed by atoms with van der Waals surface area (Å²) >= 11 is 0. The number of aromatic nitrogens is 4. The lowest BCUT2D eigenvalue weighted by molar-refractivity contribution is 0.588. The fraction of sp³-hybridized carbons (Fsp3) is 0.424. The van der Waals surface area contributed by atoms with E-state index in [-0.39, 0.29) is 22.1 Å². The molecule has 0 saturated heterocycles. The van der Waals surface area contributed by atoms with Crippen molar-refractivity contribution in [3.8, 4) is 11.3 Å². The van der Waals surface area contributed by atoms with Crippen LogP contribution in [0.25, 0.3) is 11.3 Å². The van der Waals surface area contributed by atoms with Gasteiger partial charge in [0.25, 0.3) is 0 Å². The van der Waals surface area contributed by atoms with E-state index in [9.17, 15) is 13.2 Å². The molecule has 1 aliphatic carbocycles. The fourth-order valence-corrected chi connectivity index (χ4v) is 6.80. The maximum atomic E-state index is 13.0. The van der Waals surface area contributed by atoms with Crippen LogP contribution in [0.1, 0.15) is 75.2 Å². The third-order valence-corrected chi connectivity index (χ3v) is 9.96. The zero-order valence-electron chi connectivity index (χ0n) is 24.5. The van der Waals surface area contributed by atoms with Crippen LogP contribution in [-0.2, 0) is 46.9 Å². The summed E-state index contributed by atoms with van der Waals surface area (Å²) in [6, 6.07) is 22.3. The third-order valence-electron chi connectivity index (χ3n) is 7.77. The number of rotatable bonds is 11. The molecule has 0 aliphatic heterocycles. The van der Waals surface area contributed by atoms with Gasteiger partial charge in [0.05, 0.1) is 28.9 Å². The molecular formula is C33H40N4O3S. The fourth-order valence-electron chi connectivity index (χ4n) is 5.14. The quantitative estimate of drug-likeness (QED) is 0.229. The van der Waals surface area contributed by atoms with Crippen molar-refractivity contribution < 1.29 is 8.42 Å². The highest BCUT2D eigenvalue weighted by Gasteiger charge is 2.35. The number of aryl methyl sites for hydroxylation is 2. The summed E-state index contributed by atoms with van der Waals surface area (Å²) in [7, 11) is -3.10. The van der Waals surface area contributed by atoms with Crippen LogP contribution in [0, 0.1) is 0 Å². The molecule has 2 aromatic heterocycles. The Morgan fingerprint density at radius 2 is 1.59 bits per heavy atom. The number of pyridine rings is 1.